The maximum Gasteiger partial charge on any atom is 0.224 e. The molecule has 0 unspecified atom stereocenters. The maximum atomic E-state index is 12.3. The van der Waals surface area contributed by atoms with Crippen LogP contribution in [-0.4, -0.2) is 23.0 Å². The van der Waals surface area contributed by atoms with Gasteiger partial charge in [-0.2, -0.15) is 0 Å². The second kappa shape index (κ2) is 9.25. The summed E-state index contributed by atoms with van der Waals surface area (Å²) >= 11 is 0. The van der Waals surface area contributed by atoms with Gasteiger partial charge in [0.1, 0.15) is 5.75 Å². The van der Waals surface area contributed by atoms with Crippen molar-refractivity contribution >= 4 is 34.1 Å². The zero-order valence-corrected chi connectivity index (χ0v) is 18.1. The topological polar surface area (TPSA) is 72.4 Å². The van der Waals surface area contributed by atoms with Crippen LogP contribution in [0.1, 0.15) is 38.7 Å². The molecule has 2 N–H and O–H groups in total. The summed E-state index contributed by atoms with van der Waals surface area (Å²) in [4.78, 5) is 23.8. The van der Waals surface area contributed by atoms with Crippen LogP contribution in [0.5, 0.6) is 5.75 Å². The predicted molar refractivity (Wildman–Crippen MR) is 124 cm³/mol. The van der Waals surface area contributed by atoms with Gasteiger partial charge in [-0.1, -0.05) is 13.8 Å². The number of ether oxygens (including phenoxy) is 1. The number of aromatic nitrogens is 1. The highest BCUT2D eigenvalue weighted by Crippen LogP contribution is 2.27. The predicted octanol–water partition coefficient (Wildman–Crippen LogP) is 4.98. The quantitative estimate of drug-likeness (QED) is 0.506. The second-order valence-corrected chi connectivity index (χ2v) is 8.50. The van der Waals surface area contributed by atoms with E-state index in [0.29, 0.717) is 31.8 Å². The van der Waals surface area contributed by atoms with E-state index in [1.54, 1.807) is 0 Å². The van der Waals surface area contributed by atoms with Gasteiger partial charge < -0.3 is 19.9 Å². The normalized spacial score (nSPS) is 13.2. The van der Waals surface area contributed by atoms with Crippen molar-refractivity contribution in [3.05, 3.63) is 54.2 Å². The summed E-state index contributed by atoms with van der Waals surface area (Å²) in [6, 6.07) is 13.8. The van der Waals surface area contributed by atoms with Crippen molar-refractivity contribution in [2.45, 2.75) is 46.1 Å². The Bertz CT molecular complexity index is 1100. The molecule has 0 saturated carbocycles. The molecule has 1 aromatic heterocycles. The molecule has 6 nitrogen and oxygen atoms in total. The Morgan fingerprint density at radius 1 is 1.16 bits per heavy atom. The Hall–Kier alpha value is -3.28. The monoisotopic (exact) mass is 419 g/mol. The molecule has 3 aromatic rings. The summed E-state index contributed by atoms with van der Waals surface area (Å²) < 4.78 is 8.04. The second-order valence-electron chi connectivity index (χ2n) is 8.50. The molecule has 0 saturated heterocycles. The summed E-state index contributed by atoms with van der Waals surface area (Å²) in [5, 5.41) is 6.98. The molecule has 0 aliphatic carbocycles. The number of hydrogen-bond donors (Lipinski definition) is 2. The Kier molecular flexibility index (Phi) is 6.26. The number of hydrogen-bond acceptors (Lipinski definition) is 3. The highest BCUT2D eigenvalue weighted by atomic mass is 16.5. The summed E-state index contributed by atoms with van der Waals surface area (Å²) in [7, 11) is 0. The molecule has 0 fully saturated rings. The lowest BCUT2D eigenvalue weighted by Crippen LogP contribution is -2.18. The minimum atomic E-state index is -0.0160. The molecule has 1 aliphatic heterocycles. The molecule has 4 rings (SSSR count). The van der Waals surface area contributed by atoms with E-state index in [2.05, 4.69) is 47.4 Å². The van der Waals surface area contributed by atoms with Gasteiger partial charge in [0.15, 0.2) is 0 Å². The zero-order chi connectivity index (χ0) is 21.8. The average molecular weight is 420 g/mol. The lowest BCUT2D eigenvalue weighted by Gasteiger charge is -2.17. The number of rotatable bonds is 8. The highest BCUT2D eigenvalue weighted by molar-refractivity contribution is 5.94. The van der Waals surface area contributed by atoms with Crippen LogP contribution in [0.2, 0.25) is 0 Å². The van der Waals surface area contributed by atoms with Crippen molar-refractivity contribution in [3.8, 4) is 5.75 Å². The molecule has 1 aliphatic rings. The first-order valence-corrected chi connectivity index (χ1v) is 10.9. The number of fused-ring (bicyclic) bond motifs is 2. The number of anilines is 2. The van der Waals surface area contributed by atoms with Gasteiger partial charge in [0.05, 0.1) is 6.61 Å². The van der Waals surface area contributed by atoms with E-state index >= 15 is 0 Å². The molecule has 2 amide bonds. The lowest BCUT2D eigenvalue weighted by atomic mass is 10.0. The van der Waals surface area contributed by atoms with Crippen LogP contribution in [0.3, 0.4) is 0 Å². The largest absolute Gasteiger partial charge is 0.494 e. The van der Waals surface area contributed by atoms with E-state index < -0.39 is 0 Å². The number of amides is 2. The van der Waals surface area contributed by atoms with Crippen LogP contribution in [0, 0.1) is 5.92 Å². The summed E-state index contributed by atoms with van der Waals surface area (Å²) in [5.74, 6) is 1.39. The molecule has 162 valence electrons. The van der Waals surface area contributed by atoms with Gasteiger partial charge in [0.25, 0.3) is 0 Å². The Balaban J connectivity index is 1.25. The summed E-state index contributed by atoms with van der Waals surface area (Å²) in [6.45, 7) is 5.86. The zero-order valence-electron chi connectivity index (χ0n) is 18.1. The first-order valence-electron chi connectivity index (χ1n) is 10.9. The van der Waals surface area contributed by atoms with Gasteiger partial charge in [-0.05, 0) is 66.8 Å². The fraction of sp³-hybridized carbons (Fsp3) is 0.360. The minimum absolute atomic E-state index is 0.0160. The van der Waals surface area contributed by atoms with Crippen LogP contribution in [0.15, 0.2) is 48.7 Å². The molecule has 0 bridgehead atoms. The van der Waals surface area contributed by atoms with E-state index in [1.165, 1.54) is 5.52 Å². The first-order chi connectivity index (χ1) is 15.0. The van der Waals surface area contributed by atoms with Gasteiger partial charge in [-0.25, -0.2) is 0 Å². The van der Waals surface area contributed by atoms with Crippen molar-refractivity contribution in [1.29, 1.82) is 0 Å². The Labute approximate surface area is 182 Å². The van der Waals surface area contributed by atoms with Gasteiger partial charge in [-0.3, -0.25) is 9.59 Å². The molecule has 0 spiro atoms. The number of nitrogens with one attached hydrogen (secondary N) is 2. The number of nitrogens with zero attached hydrogens (tertiary/aromatic N) is 1. The highest BCUT2D eigenvalue weighted by Gasteiger charge is 2.15. The summed E-state index contributed by atoms with van der Waals surface area (Å²) in [5.41, 5.74) is 3.95. The van der Waals surface area contributed by atoms with Crippen LogP contribution in [0.25, 0.3) is 10.9 Å². The van der Waals surface area contributed by atoms with Crippen molar-refractivity contribution < 1.29 is 14.3 Å². The summed E-state index contributed by atoms with van der Waals surface area (Å²) in [6.07, 6.45) is 4.36. The first kappa shape index (κ1) is 21.0. The third kappa shape index (κ3) is 5.26. The van der Waals surface area contributed by atoms with Crippen molar-refractivity contribution in [2.24, 2.45) is 5.92 Å². The molecular weight excluding hydrogens is 390 g/mol. The number of aryl methyl sites for hydroxylation is 1. The molecule has 0 atom stereocenters. The number of carbonyl (C=O) groups excluding carboxylic acids is 2. The van der Waals surface area contributed by atoms with Crippen molar-refractivity contribution in [3.63, 3.8) is 0 Å². The van der Waals surface area contributed by atoms with Crippen LogP contribution in [0.4, 0.5) is 11.4 Å². The van der Waals surface area contributed by atoms with E-state index in [9.17, 15) is 9.59 Å². The molecule has 2 aromatic carbocycles. The van der Waals surface area contributed by atoms with E-state index in [-0.39, 0.29) is 11.8 Å². The fourth-order valence-electron chi connectivity index (χ4n) is 3.93. The van der Waals surface area contributed by atoms with Gasteiger partial charge in [0, 0.05) is 47.9 Å². The fourth-order valence-corrected chi connectivity index (χ4v) is 3.93. The van der Waals surface area contributed by atoms with E-state index in [0.717, 1.165) is 41.0 Å². The van der Waals surface area contributed by atoms with E-state index in [4.69, 9.17) is 4.74 Å². The van der Waals surface area contributed by atoms with Gasteiger partial charge >= 0.3 is 0 Å². The Morgan fingerprint density at radius 2 is 2.03 bits per heavy atom. The molecule has 6 heteroatoms. The Morgan fingerprint density at radius 3 is 2.87 bits per heavy atom. The minimum Gasteiger partial charge on any atom is -0.494 e. The van der Waals surface area contributed by atoms with Crippen molar-refractivity contribution in [2.75, 3.05) is 17.2 Å². The number of carbonyl (C=O) groups is 2. The maximum absolute atomic E-state index is 12.3. The van der Waals surface area contributed by atoms with Crippen LogP contribution in [-0.2, 0) is 22.6 Å². The SMILES string of the molecule is CC(C)Cn1ccc2cc(NC(=O)CCCOc3ccc4c(c3)CCC(=O)N4)ccc21. The molecular formula is C25H29N3O3. The standard InChI is InChI=1S/C25H29N3O3/c1-17(2)16-28-12-11-19-14-20(6-9-23(19)28)26-24(29)4-3-13-31-21-7-8-22-18(15-21)5-10-25(30)27-22/h6-9,11-12,14-15,17H,3-5,10,13,16H2,1-2H3,(H,26,29)(H,27,30). The van der Waals surface area contributed by atoms with Crippen molar-refractivity contribution in [1.82, 2.24) is 4.57 Å². The molecule has 31 heavy (non-hydrogen) atoms. The smallest absolute Gasteiger partial charge is 0.224 e. The van der Waals surface area contributed by atoms with E-state index in [1.807, 2.05) is 30.3 Å². The van der Waals surface area contributed by atoms with Crippen LogP contribution >= 0.6 is 0 Å². The van der Waals surface area contributed by atoms with Gasteiger partial charge in [-0.15, -0.1) is 0 Å². The lowest BCUT2D eigenvalue weighted by molar-refractivity contribution is -0.117. The third-order valence-electron chi connectivity index (χ3n) is 5.41. The van der Waals surface area contributed by atoms with Crippen LogP contribution < -0.4 is 15.4 Å². The molecule has 2 heterocycles. The van der Waals surface area contributed by atoms with Gasteiger partial charge in [0.2, 0.25) is 11.8 Å². The third-order valence-corrected chi connectivity index (χ3v) is 5.41. The average Bonchev–Trinajstić information content (AvgIpc) is 3.12. The molecule has 0 radical (unpaired) electrons. The number of benzene rings is 2.